The molecule has 1 aromatic carbocycles. The number of hydrogen-bond acceptors (Lipinski definition) is 2. The van der Waals surface area contributed by atoms with E-state index in [-0.39, 0.29) is 6.04 Å². The van der Waals surface area contributed by atoms with Crippen LogP contribution in [0, 0.1) is 0 Å². The minimum absolute atomic E-state index is 0.322. The summed E-state index contributed by atoms with van der Waals surface area (Å²) in [5, 5.41) is 10.2. The molecule has 3 heteroatoms. The van der Waals surface area contributed by atoms with E-state index in [9.17, 15) is 5.11 Å². The third kappa shape index (κ3) is 1.46. The summed E-state index contributed by atoms with van der Waals surface area (Å²) in [4.78, 5) is 0. The Labute approximate surface area is 82.3 Å². The zero-order valence-corrected chi connectivity index (χ0v) is 7.96. The largest absolute Gasteiger partial charge is 0.391 e. The maximum absolute atomic E-state index is 9.57. The molecule has 0 fully saturated rings. The van der Waals surface area contributed by atoms with Crippen LogP contribution in [0.1, 0.15) is 23.6 Å². The van der Waals surface area contributed by atoms with E-state index in [0.717, 1.165) is 18.4 Å². The SMILES string of the molecule is NC1c2c(Cl)cccc2CCC1O. The maximum Gasteiger partial charge on any atom is 0.0736 e. The second-order valence-corrected chi connectivity index (χ2v) is 3.85. The van der Waals surface area contributed by atoms with E-state index in [2.05, 4.69) is 0 Å². The van der Waals surface area contributed by atoms with E-state index < -0.39 is 6.10 Å². The van der Waals surface area contributed by atoms with Crippen molar-refractivity contribution in [3.63, 3.8) is 0 Å². The van der Waals surface area contributed by atoms with Gasteiger partial charge in [-0.05, 0) is 30.0 Å². The highest BCUT2D eigenvalue weighted by Gasteiger charge is 2.26. The number of hydrogen-bond donors (Lipinski definition) is 2. The fourth-order valence-corrected chi connectivity index (χ4v) is 2.17. The third-order valence-corrected chi connectivity index (χ3v) is 2.93. The van der Waals surface area contributed by atoms with Crippen molar-refractivity contribution in [1.82, 2.24) is 0 Å². The van der Waals surface area contributed by atoms with Crippen LogP contribution in [0.3, 0.4) is 0 Å². The van der Waals surface area contributed by atoms with Gasteiger partial charge in [-0.1, -0.05) is 23.7 Å². The number of nitrogens with two attached hydrogens (primary N) is 1. The van der Waals surface area contributed by atoms with Gasteiger partial charge in [0.2, 0.25) is 0 Å². The molecule has 13 heavy (non-hydrogen) atoms. The molecule has 0 aliphatic heterocycles. The van der Waals surface area contributed by atoms with Crippen LogP contribution in [0.2, 0.25) is 5.02 Å². The van der Waals surface area contributed by atoms with Gasteiger partial charge in [-0.2, -0.15) is 0 Å². The average Bonchev–Trinajstić information content (AvgIpc) is 2.12. The molecule has 0 saturated carbocycles. The van der Waals surface area contributed by atoms with Crippen molar-refractivity contribution in [3.8, 4) is 0 Å². The lowest BCUT2D eigenvalue weighted by Gasteiger charge is -2.28. The first kappa shape index (κ1) is 9.00. The molecular weight excluding hydrogens is 186 g/mol. The van der Waals surface area contributed by atoms with Crippen LogP contribution < -0.4 is 5.73 Å². The molecule has 0 amide bonds. The van der Waals surface area contributed by atoms with Crippen molar-refractivity contribution in [3.05, 3.63) is 34.3 Å². The normalized spacial score (nSPS) is 27.0. The Morgan fingerprint density at radius 3 is 3.00 bits per heavy atom. The van der Waals surface area contributed by atoms with Crippen molar-refractivity contribution in [1.29, 1.82) is 0 Å². The van der Waals surface area contributed by atoms with Gasteiger partial charge in [-0.15, -0.1) is 0 Å². The smallest absolute Gasteiger partial charge is 0.0736 e. The van der Waals surface area contributed by atoms with Gasteiger partial charge in [0.25, 0.3) is 0 Å². The van der Waals surface area contributed by atoms with E-state index in [1.54, 1.807) is 0 Å². The lowest BCUT2D eigenvalue weighted by Crippen LogP contribution is -2.31. The van der Waals surface area contributed by atoms with E-state index in [4.69, 9.17) is 17.3 Å². The first-order chi connectivity index (χ1) is 6.20. The Kier molecular flexibility index (Phi) is 2.28. The van der Waals surface area contributed by atoms with Gasteiger partial charge >= 0.3 is 0 Å². The highest BCUT2D eigenvalue weighted by molar-refractivity contribution is 6.31. The predicted molar refractivity (Wildman–Crippen MR) is 52.7 cm³/mol. The second kappa shape index (κ2) is 3.29. The van der Waals surface area contributed by atoms with Gasteiger partial charge in [-0.3, -0.25) is 0 Å². The molecule has 3 N–H and O–H groups in total. The summed E-state index contributed by atoms with van der Waals surface area (Å²) in [6.45, 7) is 0. The highest BCUT2D eigenvalue weighted by atomic mass is 35.5. The number of benzene rings is 1. The molecule has 0 heterocycles. The van der Waals surface area contributed by atoms with E-state index >= 15 is 0 Å². The molecule has 2 atom stereocenters. The molecule has 0 aromatic heterocycles. The molecule has 70 valence electrons. The summed E-state index contributed by atoms with van der Waals surface area (Å²) in [6, 6.07) is 5.44. The summed E-state index contributed by atoms with van der Waals surface area (Å²) < 4.78 is 0. The maximum atomic E-state index is 9.57. The van der Waals surface area contributed by atoms with Crippen molar-refractivity contribution in [2.45, 2.75) is 25.0 Å². The number of aryl methyl sites for hydroxylation is 1. The zero-order chi connectivity index (χ0) is 9.42. The standard InChI is InChI=1S/C10H12ClNO/c11-7-3-1-2-6-4-5-8(13)10(12)9(6)7/h1-3,8,10,13H,4-5,12H2. The molecule has 1 aromatic rings. The molecule has 2 unspecified atom stereocenters. The summed E-state index contributed by atoms with van der Waals surface area (Å²) in [6.07, 6.45) is 1.15. The van der Waals surface area contributed by atoms with Crippen LogP contribution >= 0.6 is 11.6 Å². The zero-order valence-electron chi connectivity index (χ0n) is 7.20. The molecule has 2 nitrogen and oxygen atoms in total. The first-order valence-corrected chi connectivity index (χ1v) is 4.79. The summed E-state index contributed by atoms with van der Waals surface area (Å²) in [5.74, 6) is 0. The van der Waals surface area contributed by atoms with E-state index in [1.807, 2.05) is 18.2 Å². The third-order valence-electron chi connectivity index (χ3n) is 2.60. The van der Waals surface area contributed by atoms with Crippen molar-refractivity contribution in [2.24, 2.45) is 5.73 Å². The number of fused-ring (bicyclic) bond motifs is 1. The summed E-state index contributed by atoms with van der Waals surface area (Å²) in [5.41, 5.74) is 7.95. The highest BCUT2D eigenvalue weighted by Crippen LogP contribution is 2.33. The fourth-order valence-electron chi connectivity index (χ4n) is 1.85. The Hall–Kier alpha value is -0.570. The van der Waals surface area contributed by atoms with Gasteiger partial charge in [0.05, 0.1) is 12.1 Å². The number of aliphatic hydroxyl groups is 1. The lowest BCUT2D eigenvalue weighted by molar-refractivity contribution is 0.128. The average molecular weight is 198 g/mol. The molecular formula is C10H12ClNO. The van der Waals surface area contributed by atoms with Gasteiger partial charge in [0.1, 0.15) is 0 Å². The van der Waals surface area contributed by atoms with Crippen LogP contribution in [0.4, 0.5) is 0 Å². The number of halogens is 1. The Bertz CT molecular complexity index is 327. The summed E-state index contributed by atoms with van der Waals surface area (Å²) in [7, 11) is 0. The van der Waals surface area contributed by atoms with Crippen molar-refractivity contribution in [2.75, 3.05) is 0 Å². The van der Waals surface area contributed by atoms with Crippen molar-refractivity contribution >= 4 is 11.6 Å². The summed E-state index contributed by atoms with van der Waals surface area (Å²) >= 11 is 6.01. The Balaban J connectivity index is 2.51. The van der Waals surface area contributed by atoms with Gasteiger partial charge in [0, 0.05) is 5.02 Å². The molecule has 0 bridgehead atoms. The second-order valence-electron chi connectivity index (χ2n) is 3.44. The molecule has 2 rings (SSSR count). The van der Waals surface area contributed by atoms with Crippen LogP contribution in [0.25, 0.3) is 0 Å². The fraction of sp³-hybridized carbons (Fsp3) is 0.400. The quantitative estimate of drug-likeness (QED) is 0.665. The Morgan fingerprint density at radius 2 is 2.23 bits per heavy atom. The lowest BCUT2D eigenvalue weighted by atomic mass is 9.86. The van der Waals surface area contributed by atoms with Crippen LogP contribution in [0.5, 0.6) is 0 Å². The number of rotatable bonds is 0. The van der Waals surface area contributed by atoms with Crippen molar-refractivity contribution < 1.29 is 5.11 Å². The predicted octanol–water partition coefficient (Wildman–Crippen LogP) is 1.65. The van der Waals surface area contributed by atoms with E-state index in [1.165, 1.54) is 5.56 Å². The van der Waals surface area contributed by atoms with Gasteiger partial charge < -0.3 is 10.8 Å². The van der Waals surface area contributed by atoms with Crippen LogP contribution in [-0.4, -0.2) is 11.2 Å². The molecule has 1 aliphatic rings. The molecule has 0 spiro atoms. The number of aliphatic hydroxyl groups excluding tert-OH is 1. The minimum atomic E-state index is -0.451. The molecule has 0 saturated heterocycles. The van der Waals surface area contributed by atoms with Gasteiger partial charge in [0.15, 0.2) is 0 Å². The van der Waals surface area contributed by atoms with Crippen LogP contribution in [0.15, 0.2) is 18.2 Å². The monoisotopic (exact) mass is 197 g/mol. The van der Waals surface area contributed by atoms with Crippen LogP contribution in [-0.2, 0) is 6.42 Å². The Morgan fingerprint density at radius 1 is 1.46 bits per heavy atom. The minimum Gasteiger partial charge on any atom is -0.391 e. The first-order valence-electron chi connectivity index (χ1n) is 4.41. The molecule has 1 aliphatic carbocycles. The van der Waals surface area contributed by atoms with E-state index in [0.29, 0.717) is 5.02 Å². The topological polar surface area (TPSA) is 46.2 Å². The molecule has 0 radical (unpaired) electrons. The van der Waals surface area contributed by atoms with Gasteiger partial charge in [-0.25, -0.2) is 0 Å².